The average Bonchev–Trinajstić information content (AvgIpc) is 2.58. The van der Waals surface area contributed by atoms with Gasteiger partial charge in [0.1, 0.15) is 0 Å². The summed E-state index contributed by atoms with van der Waals surface area (Å²) in [4.78, 5) is 29.1. The Hall–Kier alpha value is -1.65. The average molecular weight is 336 g/mol. The molecule has 0 N–H and O–H groups in total. The summed E-state index contributed by atoms with van der Waals surface area (Å²) in [6, 6.07) is 0. The Balaban J connectivity index is 2.92. The van der Waals surface area contributed by atoms with Gasteiger partial charge in [0, 0.05) is 17.8 Å². The molecular weight excluding hydrogens is 304 g/mol. The van der Waals surface area contributed by atoms with Crippen LogP contribution in [0.5, 0.6) is 0 Å². The molecule has 1 aromatic heterocycles. The third kappa shape index (κ3) is 5.77. The van der Waals surface area contributed by atoms with E-state index in [2.05, 4.69) is 18.8 Å². The van der Waals surface area contributed by atoms with E-state index in [1.807, 2.05) is 6.92 Å². The largest absolute Gasteiger partial charge is 0.463 e. The maximum Gasteiger partial charge on any atom is 0.374 e. The number of esters is 1. The van der Waals surface area contributed by atoms with Gasteiger partial charge in [-0.2, -0.15) is 0 Å². The van der Waals surface area contributed by atoms with Gasteiger partial charge in [-0.3, -0.25) is 9.36 Å². The van der Waals surface area contributed by atoms with E-state index in [0.29, 0.717) is 12.2 Å². The van der Waals surface area contributed by atoms with E-state index in [1.165, 1.54) is 37.4 Å². The minimum absolute atomic E-state index is 0.0788. The number of hydrogen-bond donors (Lipinski definition) is 0. The van der Waals surface area contributed by atoms with Gasteiger partial charge in [-0.05, 0) is 26.2 Å². The molecule has 0 atom stereocenters. The molecule has 24 heavy (non-hydrogen) atoms. The molecule has 0 spiro atoms. The first-order chi connectivity index (χ1) is 11.6. The van der Waals surface area contributed by atoms with Crippen molar-refractivity contribution >= 4 is 5.97 Å². The second-order valence-electron chi connectivity index (χ2n) is 6.32. The van der Waals surface area contributed by atoms with Crippen LogP contribution in [0.15, 0.2) is 4.79 Å². The van der Waals surface area contributed by atoms with E-state index < -0.39 is 5.97 Å². The first-order valence-electron chi connectivity index (χ1n) is 9.25. The van der Waals surface area contributed by atoms with Crippen LogP contribution in [0.1, 0.15) is 87.1 Å². The van der Waals surface area contributed by atoms with E-state index in [0.717, 1.165) is 37.7 Å². The van der Waals surface area contributed by atoms with E-state index in [4.69, 9.17) is 4.74 Å². The molecule has 0 unspecified atom stereocenters. The van der Waals surface area contributed by atoms with Gasteiger partial charge in [0.15, 0.2) is 0 Å². The summed E-state index contributed by atoms with van der Waals surface area (Å²) in [5, 5.41) is 0. The van der Waals surface area contributed by atoms with Crippen LogP contribution >= 0.6 is 0 Å². The van der Waals surface area contributed by atoms with Crippen LogP contribution in [-0.4, -0.2) is 22.6 Å². The topological polar surface area (TPSA) is 61.2 Å². The zero-order valence-corrected chi connectivity index (χ0v) is 15.7. The lowest BCUT2D eigenvalue weighted by atomic mass is 10.0. The van der Waals surface area contributed by atoms with Crippen LogP contribution in [0.25, 0.3) is 0 Å². The summed E-state index contributed by atoms with van der Waals surface area (Å²) in [7, 11) is 1.32. The fraction of sp³-hybridized carbons (Fsp3) is 0.737. The highest BCUT2D eigenvalue weighted by Gasteiger charge is 2.19. The van der Waals surface area contributed by atoms with Gasteiger partial charge < -0.3 is 4.74 Å². The number of methoxy groups -OCH3 is 1. The minimum Gasteiger partial charge on any atom is -0.463 e. The Labute approximate surface area is 145 Å². The van der Waals surface area contributed by atoms with Crippen molar-refractivity contribution in [3.05, 3.63) is 27.4 Å². The van der Waals surface area contributed by atoms with Crippen molar-refractivity contribution in [2.24, 2.45) is 0 Å². The molecule has 0 saturated heterocycles. The number of rotatable bonds is 11. The second-order valence-corrected chi connectivity index (χ2v) is 6.32. The number of aromatic nitrogens is 2. The Morgan fingerprint density at radius 1 is 1.04 bits per heavy atom. The Kier molecular flexibility index (Phi) is 9.35. The zero-order chi connectivity index (χ0) is 17.9. The molecule has 0 saturated carbocycles. The Morgan fingerprint density at radius 2 is 1.67 bits per heavy atom. The van der Waals surface area contributed by atoms with Crippen molar-refractivity contribution in [1.82, 2.24) is 9.55 Å². The lowest BCUT2D eigenvalue weighted by Gasteiger charge is -2.14. The van der Waals surface area contributed by atoms with Crippen molar-refractivity contribution in [1.29, 1.82) is 0 Å². The van der Waals surface area contributed by atoms with Crippen LogP contribution in [0, 0.1) is 6.92 Å². The molecule has 5 nitrogen and oxygen atoms in total. The predicted octanol–water partition coefficient (Wildman–Crippen LogP) is 4.04. The Morgan fingerprint density at radius 3 is 2.29 bits per heavy atom. The van der Waals surface area contributed by atoms with Crippen molar-refractivity contribution in [2.75, 3.05) is 7.11 Å². The fourth-order valence-corrected chi connectivity index (χ4v) is 2.84. The highest BCUT2D eigenvalue weighted by atomic mass is 16.5. The normalized spacial score (nSPS) is 10.8. The van der Waals surface area contributed by atoms with E-state index in [-0.39, 0.29) is 11.4 Å². The van der Waals surface area contributed by atoms with Gasteiger partial charge in [-0.1, -0.05) is 52.4 Å². The number of carbonyl (C=O) groups excluding carboxylic acids is 1. The molecule has 0 aromatic carbocycles. The highest BCUT2D eigenvalue weighted by molar-refractivity contribution is 5.85. The SMILES string of the molecule is CCCCCCCCc1c(C)nc(C(=O)OC)n(CCCC)c1=O. The lowest BCUT2D eigenvalue weighted by molar-refractivity contribution is 0.0577. The molecule has 5 heteroatoms. The molecule has 0 aliphatic rings. The van der Waals surface area contributed by atoms with Gasteiger partial charge in [-0.25, -0.2) is 9.78 Å². The lowest BCUT2D eigenvalue weighted by Crippen LogP contribution is -2.32. The maximum atomic E-state index is 12.8. The molecule has 0 fully saturated rings. The minimum atomic E-state index is -0.544. The number of hydrogen-bond acceptors (Lipinski definition) is 4. The summed E-state index contributed by atoms with van der Waals surface area (Å²) in [5.74, 6) is -0.419. The summed E-state index contributed by atoms with van der Waals surface area (Å²) < 4.78 is 6.28. The monoisotopic (exact) mass is 336 g/mol. The smallest absolute Gasteiger partial charge is 0.374 e. The molecule has 0 aliphatic heterocycles. The summed E-state index contributed by atoms with van der Waals surface area (Å²) >= 11 is 0. The van der Waals surface area contributed by atoms with Gasteiger partial charge in [0.2, 0.25) is 5.82 Å². The third-order valence-electron chi connectivity index (χ3n) is 4.35. The van der Waals surface area contributed by atoms with Crippen LogP contribution in [-0.2, 0) is 17.7 Å². The maximum absolute atomic E-state index is 12.8. The molecule has 1 rings (SSSR count). The van der Waals surface area contributed by atoms with Crippen molar-refractivity contribution in [3.63, 3.8) is 0 Å². The molecular formula is C19H32N2O3. The van der Waals surface area contributed by atoms with Gasteiger partial charge in [0.05, 0.1) is 7.11 Å². The molecule has 1 heterocycles. The van der Waals surface area contributed by atoms with E-state index in [1.54, 1.807) is 0 Å². The number of carbonyl (C=O) groups is 1. The predicted molar refractivity (Wildman–Crippen MR) is 96.6 cm³/mol. The van der Waals surface area contributed by atoms with Crippen LogP contribution in [0.3, 0.4) is 0 Å². The number of aryl methyl sites for hydroxylation is 1. The number of unbranched alkanes of at least 4 members (excludes halogenated alkanes) is 6. The van der Waals surface area contributed by atoms with Crippen molar-refractivity contribution < 1.29 is 9.53 Å². The van der Waals surface area contributed by atoms with Gasteiger partial charge in [0.25, 0.3) is 5.56 Å². The first-order valence-corrected chi connectivity index (χ1v) is 9.25. The van der Waals surface area contributed by atoms with E-state index >= 15 is 0 Å². The summed E-state index contributed by atoms with van der Waals surface area (Å²) in [6.07, 6.45) is 9.63. The quantitative estimate of drug-likeness (QED) is 0.452. The third-order valence-corrected chi connectivity index (χ3v) is 4.35. The fourth-order valence-electron chi connectivity index (χ4n) is 2.84. The van der Waals surface area contributed by atoms with Crippen LogP contribution in [0.4, 0.5) is 0 Å². The van der Waals surface area contributed by atoms with Crippen LogP contribution in [0.2, 0.25) is 0 Å². The molecule has 0 bridgehead atoms. The molecule has 0 amide bonds. The molecule has 0 radical (unpaired) electrons. The van der Waals surface area contributed by atoms with Crippen molar-refractivity contribution in [3.8, 4) is 0 Å². The van der Waals surface area contributed by atoms with E-state index in [9.17, 15) is 9.59 Å². The molecule has 0 aliphatic carbocycles. The number of ether oxygens (including phenoxy) is 1. The second kappa shape index (κ2) is 11.0. The molecule has 1 aromatic rings. The Bertz CT molecular complexity index is 579. The summed E-state index contributed by atoms with van der Waals surface area (Å²) in [5.41, 5.74) is 1.32. The summed E-state index contributed by atoms with van der Waals surface area (Å²) in [6.45, 7) is 6.58. The standard InChI is InChI=1S/C19H32N2O3/c1-5-7-9-10-11-12-13-16-15(3)20-17(19(23)24-4)21(18(16)22)14-8-6-2/h5-14H2,1-4H3. The van der Waals surface area contributed by atoms with Gasteiger partial charge >= 0.3 is 5.97 Å². The van der Waals surface area contributed by atoms with Gasteiger partial charge in [-0.15, -0.1) is 0 Å². The zero-order valence-electron chi connectivity index (χ0n) is 15.7. The highest BCUT2D eigenvalue weighted by Crippen LogP contribution is 2.11. The first kappa shape index (κ1) is 20.4. The number of nitrogens with zero attached hydrogens (tertiary/aromatic N) is 2. The van der Waals surface area contributed by atoms with Crippen LogP contribution < -0.4 is 5.56 Å². The van der Waals surface area contributed by atoms with Crippen molar-refractivity contribution in [2.45, 2.75) is 85.1 Å². The molecule has 136 valence electrons.